The Morgan fingerprint density at radius 3 is 2.62 bits per heavy atom. The van der Waals surface area contributed by atoms with E-state index in [-0.39, 0.29) is 36.9 Å². The summed E-state index contributed by atoms with van der Waals surface area (Å²) >= 11 is 0. The highest BCUT2D eigenvalue weighted by Crippen LogP contribution is 2.37. The lowest BCUT2D eigenvalue weighted by Gasteiger charge is -2.38. The van der Waals surface area contributed by atoms with Crippen LogP contribution in [0.15, 0.2) is 24.3 Å². The number of hydrogen-bond acceptors (Lipinski definition) is 5. The molecule has 158 valence electrons. The quantitative estimate of drug-likeness (QED) is 0.815. The highest BCUT2D eigenvalue weighted by Gasteiger charge is 2.40. The number of fused-ring (bicyclic) bond motifs is 1. The van der Waals surface area contributed by atoms with Crippen molar-refractivity contribution in [3.8, 4) is 5.75 Å². The van der Waals surface area contributed by atoms with Crippen LogP contribution in [-0.2, 0) is 14.3 Å². The SMILES string of the molecule is CCOC(=O)N1CCC(NC(=O)CCN2C(=O)C(C)(C)Oc3ccccc32)CC1. The van der Waals surface area contributed by atoms with Crippen LogP contribution >= 0.6 is 0 Å². The normalized spacial score (nSPS) is 18.7. The molecule has 0 spiro atoms. The molecular formula is C21H29N3O5. The van der Waals surface area contributed by atoms with E-state index in [0.717, 1.165) is 0 Å². The fourth-order valence-corrected chi connectivity index (χ4v) is 3.68. The third-order valence-corrected chi connectivity index (χ3v) is 5.23. The molecule has 8 nitrogen and oxygen atoms in total. The first kappa shape index (κ1) is 21.0. The number of amides is 3. The predicted octanol–water partition coefficient (Wildman–Crippen LogP) is 2.32. The van der Waals surface area contributed by atoms with Gasteiger partial charge in [0, 0.05) is 32.1 Å². The molecule has 3 rings (SSSR count). The molecule has 0 unspecified atom stereocenters. The number of piperidine rings is 1. The van der Waals surface area contributed by atoms with Crippen LogP contribution in [0.3, 0.4) is 0 Å². The lowest BCUT2D eigenvalue weighted by molar-refractivity contribution is -0.132. The molecule has 1 aromatic carbocycles. The summed E-state index contributed by atoms with van der Waals surface area (Å²) in [5, 5.41) is 3.02. The van der Waals surface area contributed by atoms with Crippen molar-refractivity contribution in [1.29, 1.82) is 0 Å². The summed E-state index contributed by atoms with van der Waals surface area (Å²) in [6.07, 6.45) is 1.28. The number of anilines is 1. The Hall–Kier alpha value is -2.77. The van der Waals surface area contributed by atoms with Crippen molar-refractivity contribution < 1.29 is 23.9 Å². The summed E-state index contributed by atoms with van der Waals surface area (Å²) in [5.74, 6) is 0.379. The molecule has 1 N–H and O–H groups in total. The second kappa shape index (κ2) is 8.71. The second-order valence-electron chi connectivity index (χ2n) is 7.81. The van der Waals surface area contributed by atoms with E-state index in [1.165, 1.54) is 0 Å². The number of hydrogen-bond donors (Lipinski definition) is 1. The second-order valence-corrected chi connectivity index (χ2v) is 7.81. The van der Waals surface area contributed by atoms with Crippen LogP contribution in [-0.4, -0.2) is 60.7 Å². The Balaban J connectivity index is 1.52. The van der Waals surface area contributed by atoms with Crippen LogP contribution in [0.1, 0.15) is 40.0 Å². The zero-order valence-corrected chi connectivity index (χ0v) is 17.3. The minimum Gasteiger partial charge on any atom is -0.476 e. The number of carbonyl (C=O) groups excluding carboxylic acids is 3. The van der Waals surface area contributed by atoms with Crippen LogP contribution in [0.4, 0.5) is 10.5 Å². The number of ether oxygens (including phenoxy) is 2. The first-order valence-electron chi connectivity index (χ1n) is 10.1. The van der Waals surface area contributed by atoms with E-state index in [1.807, 2.05) is 24.3 Å². The molecule has 8 heteroatoms. The first-order valence-corrected chi connectivity index (χ1v) is 10.1. The van der Waals surface area contributed by atoms with E-state index in [4.69, 9.17) is 9.47 Å². The largest absolute Gasteiger partial charge is 0.476 e. The van der Waals surface area contributed by atoms with Gasteiger partial charge >= 0.3 is 6.09 Å². The van der Waals surface area contributed by atoms with Gasteiger partial charge in [-0.15, -0.1) is 0 Å². The Morgan fingerprint density at radius 1 is 1.24 bits per heavy atom. The Labute approximate surface area is 171 Å². The molecule has 0 atom stereocenters. The molecule has 0 aromatic heterocycles. The maximum atomic E-state index is 12.8. The van der Waals surface area contributed by atoms with Crippen molar-refractivity contribution in [1.82, 2.24) is 10.2 Å². The minimum atomic E-state index is -0.968. The summed E-state index contributed by atoms with van der Waals surface area (Å²) < 4.78 is 10.8. The third-order valence-electron chi connectivity index (χ3n) is 5.23. The molecule has 0 bridgehead atoms. The molecule has 1 aromatic rings. The van der Waals surface area contributed by atoms with E-state index in [2.05, 4.69) is 5.32 Å². The minimum absolute atomic E-state index is 0.0253. The molecular weight excluding hydrogens is 374 g/mol. The van der Waals surface area contributed by atoms with Gasteiger partial charge in [-0.2, -0.15) is 0 Å². The lowest BCUT2D eigenvalue weighted by Crippen LogP contribution is -2.53. The van der Waals surface area contributed by atoms with Crippen molar-refractivity contribution in [3.05, 3.63) is 24.3 Å². The van der Waals surface area contributed by atoms with Crippen LogP contribution in [0.2, 0.25) is 0 Å². The number of para-hydroxylation sites is 2. The fourth-order valence-electron chi connectivity index (χ4n) is 3.68. The van der Waals surface area contributed by atoms with E-state index in [0.29, 0.717) is 44.0 Å². The summed E-state index contributed by atoms with van der Waals surface area (Å²) in [4.78, 5) is 40.3. The molecule has 0 aliphatic carbocycles. The summed E-state index contributed by atoms with van der Waals surface area (Å²) in [7, 11) is 0. The number of nitrogens with one attached hydrogen (secondary N) is 1. The van der Waals surface area contributed by atoms with Crippen molar-refractivity contribution >= 4 is 23.6 Å². The molecule has 3 amide bonds. The molecule has 1 saturated heterocycles. The topological polar surface area (TPSA) is 88.2 Å². The third kappa shape index (κ3) is 4.81. The van der Waals surface area contributed by atoms with Gasteiger partial charge in [-0.3, -0.25) is 9.59 Å². The van der Waals surface area contributed by atoms with Gasteiger partial charge in [-0.1, -0.05) is 12.1 Å². The van der Waals surface area contributed by atoms with E-state index >= 15 is 0 Å². The van der Waals surface area contributed by atoms with Crippen LogP contribution in [0, 0.1) is 0 Å². The maximum absolute atomic E-state index is 12.8. The number of nitrogens with zero attached hydrogens (tertiary/aromatic N) is 2. The summed E-state index contributed by atoms with van der Waals surface area (Å²) in [6, 6.07) is 7.38. The molecule has 0 radical (unpaired) electrons. The Bertz CT molecular complexity index is 771. The van der Waals surface area contributed by atoms with Gasteiger partial charge in [0.25, 0.3) is 5.91 Å². The molecule has 2 heterocycles. The van der Waals surface area contributed by atoms with Gasteiger partial charge in [0.1, 0.15) is 5.75 Å². The number of benzene rings is 1. The van der Waals surface area contributed by atoms with Crippen molar-refractivity contribution in [3.63, 3.8) is 0 Å². The number of rotatable bonds is 5. The molecule has 2 aliphatic heterocycles. The highest BCUT2D eigenvalue weighted by atomic mass is 16.6. The van der Waals surface area contributed by atoms with Gasteiger partial charge in [-0.25, -0.2) is 4.79 Å². The number of likely N-dealkylation sites (tertiary alicyclic amines) is 1. The van der Waals surface area contributed by atoms with E-state index < -0.39 is 5.60 Å². The van der Waals surface area contributed by atoms with E-state index in [9.17, 15) is 14.4 Å². The van der Waals surface area contributed by atoms with Crippen molar-refractivity contribution in [2.24, 2.45) is 0 Å². The average molecular weight is 403 g/mol. The zero-order chi connectivity index (χ0) is 21.0. The number of carbonyl (C=O) groups is 3. The van der Waals surface area contributed by atoms with Crippen molar-refractivity contribution in [2.75, 3.05) is 31.1 Å². The molecule has 2 aliphatic rings. The standard InChI is InChI=1S/C21H29N3O5/c1-4-28-20(27)23-12-9-15(10-13-23)22-18(25)11-14-24-16-7-5-6-8-17(16)29-21(2,3)19(24)26/h5-8,15H,4,9-14H2,1-3H3,(H,22,25). The monoisotopic (exact) mass is 403 g/mol. The Kier molecular flexibility index (Phi) is 6.30. The zero-order valence-electron chi connectivity index (χ0n) is 17.3. The average Bonchev–Trinajstić information content (AvgIpc) is 2.69. The van der Waals surface area contributed by atoms with Crippen LogP contribution < -0.4 is 15.0 Å². The van der Waals surface area contributed by atoms with Crippen molar-refractivity contribution in [2.45, 2.75) is 51.7 Å². The van der Waals surface area contributed by atoms with Crippen LogP contribution in [0.5, 0.6) is 5.75 Å². The van der Waals surface area contributed by atoms with Gasteiger partial charge in [0.2, 0.25) is 5.91 Å². The Morgan fingerprint density at radius 2 is 1.93 bits per heavy atom. The van der Waals surface area contributed by atoms with E-state index in [1.54, 1.807) is 30.6 Å². The predicted molar refractivity (Wildman–Crippen MR) is 108 cm³/mol. The summed E-state index contributed by atoms with van der Waals surface area (Å²) in [6.45, 7) is 7.02. The lowest BCUT2D eigenvalue weighted by atomic mass is 10.0. The maximum Gasteiger partial charge on any atom is 0.409 e. The highest BCUT2D eigenvalue weighted by molar-refractivity contribution is 6.02. The van der Waals surface area contributed by atoms with Gasteiger partial charge < -0.3 is 24.6 Å². The smallest absolute Gasteiger partial charge is 0.409 e. The first-order chi connectivity index (χ1) is 13.8. The van der Waals surface area contributed by atoms with Gasteiger partial charge in [0.15, 0.2) is 5.60 Å². The van der Waals surface area contributed by atoms with Crippen LogP contribution in [0.25, 0.3) is 0 Å². The fraction of sp³-hybridized carbons (Fsp3) is 0.571. The molecule has 29 heavy (non-hydrogen) atoms. The summed E-state index contributed by atoms with van der Waals surface area (Å²) in [5.41, 5.74) is -0.280. The van der Waals surface area contributed by atoms with Gasteiger partial charge in [0.05, 0.1) is 12.3 Å². The molecule has 1 fully saturated rings. The van der Waals surface area contributed by atoms with Gasteiger partial charge in [-0.05, 0) is 45.7 Å². The molecule has 0 saturated carbocycles.